The van der Waals surface area contributed by atoms with Crippen LogP contribution in [-0.4, -0.2) is 67.0 Å². The molecule has 4 aromatic heterocycles. The Morgan fingerprint density at radius 3 is 2.73 bits per heavy atom. The molecule has 1 atom stereocenters. The van der Waals surface area contributed by atoms with E-state index in [-0.39, 0.29) is 12.1 Å². The SMILES string of the molecule is CC(C)n1ncc2ccc(Nc3cc(N4CCC[C@H](O)C4)c(-c4cnn(C5CCOCC5)c4)cn3)nc21. The minimum Gasteiger partial charge on any atom is -0.391 e. The number of piperidine rings is 1. The van der Waals surface area contributed by atoms with Crippen molar-refractivity contribution in [2.45, 2.75) is 57.7 Å². The highest BCUT2D eigenvalue weighted by molar-refractivity contribution is 5.81. The molecule has 194 valence electrons. The van der Waals surface area contributed by atoms with Crippen molar-refractivity contribution < 1.29 is 9.84 Å². The topological polar surface area (TPSA) is 106 Å². The van der Waals surface area contributed by atoms with E-state index in [2.05, 4.69) is 51.2 Å². The third-order valence-electron chi connectivity index (χ3n) is 7.29. The predicted octanol–water partition coefficient (Wildman–Crippen LogP) is 4.33. The smallest absolute Gasteiger partial charge is 0.160 e. The maximum Gasteiger partial charge on any atom is 0.160 e. The Morgan fingerprint density at radius 1 is 1.05 bits per heavy atom. The van der Waals surface area contributed by atoms with Crippen LogP contribution in [0.5, 0.6) is 0 Å². The molecule has 37 heavy (non-hydrogen) atoms. The molecule has 2 fully saturated rings. The molecule has 0 aromatic carbocycles. The van der Waals surface area contributed by atoms with Crippen LogP contribution in [0.1, 0.15) is 51.6 Å². The van der Waals surface area contributed by atoms with Gasteiger partial charge in [-0.15, -0.1) is 0 Å². The second-order valence-corrected chi connectivity index (χ2v) is 10.3. The summed E-state index contributed by atoms with van der Waals surface area (Å²) in [5, 5.41) is 24.0. The molecule has 2 N–H and O–H groups in total. The molecule has 0 saturated carbocycles. The number of aromatic nitrogens is 6. The number of rotatable bonds is 6. The summed E-state index contributed by atoms with van der Waals surface area (Å²) in [5.74, 6) is 1.42. The van der Waals surface area contributed by atoms with Crippen LogP contribution in [0.3, 0.4) is 0 Å². The molecular formula is C27H34N8O2. The molecule has 0 radical (unpaired) electrons. The Morgan fingerprint density at radius 2 is 1.92 bits per heavy atom. The minimum atomic E-state index is -0.337. The van der Waals surface area contributed by atoms with Crippen molar-refractivity contribution in [2.75, 3.05) is 36.5 Å². The predicted molar refractivity (Wildman–Crippen MR) is 143 cm³/mol. The first-order valence-corrected chi connectivity index (χ1v) is 13.2. The maximum absolute atomic E-state index is 10.4. The standard InChI is InChI=1S/C27H34N8O2/c1-18(2)35-27-19(13-30-35)5-6-25(32-27)31-26-12-24(33-9-3-4-22(36)17-33)23(15-28-26)20-14-29-34(16-20)21-7-10-37-11-8-21/h5-6,12-16,18,21-22,36H,3-4,7-11,17H2,1-2H3,(H,28,31,32)/t22-/m0/s1. The van der Waals surface area contributed by atoms with E-state index in [9.17, 15) is 5.11 Å². The second kappa shape index (κ2) is 10.1. The summed E-state index contributed by atoms with van der Waals surface area (Å²) in [6.45, 7) is 7.23. The summed E-state index contributed by atoms with van der Waals surface area (Å²) in [4.78, 5) is 11.8. The normalized spacial score (nSPS) is 19.1. The highest BCUT2D eigenvalue weighted by atomic mass is 16.5. The van der Waals surface area contributed by atoms with Gasteiger partial charge in [0.25, 0.3) is 0 Å². The number of fused-ring (bicyclic) bond motifs is 1. The van der Waals surface area contributed by atoms with Crippen LogP contribution in [0.2, 0.25) is 0 Å². The zero-order chi connectivity index (χ0) is 25.4. The highest BCUT2D eigenvalue weighted by Crippen LogP contribution is 2.35. The van der Waals surface area contributed by atoms with Crippen molar-refractivity contribution in [1.29, 1.82) is 0 Å². The van der Waals surface area contributed by atoms with E-state index in [1.54, 1.807) is 0 Å². The largest absolute Gasteiger partial charge is 0.391 e. The average molecular weight is 503 g/mol. The van der Waals surface area contributed by atoms with Gasteiger partial charge in [0.15, 0.2) is 5.65 Å². The Balaban J connectivity index is 1.33. The highest BCUT2D eigenvalue weighted by Gasteiger charge is 2.23. The van der Waals surface area contributed by atoms with Crippen LogP contribution >= 0.6 is 0 Å². The Bertz CT molecular complexity index is 1370. The van der Waals surface area contributed by atoms with Crippen molar-refractivity contribution in [3.05, 3.63) is 43.0 Å². The second-order valence-electron chi connectivity index (χ2n) is 10.3. The third-order valence-corrected chi connectivity index (χ3v) is 7.29. The summed E-state index contributed by atoms with van der Waals surface area (Å²) < 4.78 is 9.51. The van der Waals surface area contributed by atoms with Gasteiger partial charge in [-0.2, -0.15) is 10.2 Å². The quantitative estimate of drug-likeness (QED) is 0.401. The number of nitrogens with zero attached hydrogens (tertiary/aromatic N) is 7. The number of pyridine rings is 2. The van der Waals surface area contributed by atoms with Gasteiger partial charge in [0.05, 0.1) is 30.2 Å². The van der Waals surface area contributed by atoms with Gasteiger partial charge >= 0.3 is 0 Å². The molecule has 0 bridgehead atoms. The van der Waals surface area contributed by atoms with E-state index in [4.69, 9.17) is 14.7 Å². The molecule has 2 saturated heterocycles. The summed E-state index contributed by atoms with van der Waals surface area (Å²) in [7, 11) is 0. The summed E-state index contributed by atoms with van der Waals surface area (Å²) in [6.07, 6.45) is 11.2. The lowest BCUT2D eigenvalue weighted by atomic mass is 10.0. The fraction of sp³-hybridized carbons (Fsp3) is 0.481. The fourth-order valence-electron chi connectivity index (χ4n) is 5.30. The number of ether oxygens (including phenoxy) is 1. The Hall–Kier alpha value is -3.50. The molecule has 0 spiro atoms. The Labute approximate surface area is 216 Å². The fourth-order valence-corrected chi connectivity index (χ4v) is 5.30. The summed E-state index contributed by atoms with van der Waals surface area (Å²) in [6, 6.07) is 6.61. The third kappa shape index (κ3) is 4.91. The van der Waals surface area contributed by atoms with Crippen LogP contribution in [-0.2, 0) is 4.74 Å². The van der Waals surface area contributed by atoms with Crippen molar-refractivity contribution in [3.63, 3.8) is 0 Å². The van der Waals surface area contributed by atoms with Gasteiger partial charge in [-0.3, -0.25) is 4.68 Å². The van der Waals surface area contributed by atoms with Gasteiger partial charge in [-0.1, -0.05) is 0 Å². The van der Waals surface area contributed by atoms with Crippen LogP contribution in [0, 0.1) is 0 Å². The van der Waals surface area contributed by atoms with Crippen LogP contribution in [0.15, 0.2) is 43.0 Å². The average Bonchev–Trinajstić information content (AvgIpc) is 3.57. The first-order chi connectivity index (χ1) is 18.0. The number of aliphatic hydroxyl groups is 1. The molecule has 4 aromatic rings. The van der Waals surface area contributed by atoms with Gasteiger partial charge in [0, 0.05) is 67.3 Å². The van der Waals surface area contributed by atoms with Gasteiger partial charge in [0.2, 0.25) is 0 Å². The Kier molecular flexibility index (Phi) is 6.52. The lowest BCUT2D eigenvalue weighted by Crippen LogP contribution is -2.38. The molecule has 6 heterocycles. The lowest BCUT2D eigenvalue weighted by Gasteiger charge is -2.33. The molecule has 10 heteroatoms. The molecule has 2 aliphatic rings. The number of nitrogens with one attached hydrogen (secondary N) is 1. The molecule has 0 amide bonds. The first-order valence-electron chi connectivity index (χ1n) is 13.2. The van der Waals surface area contributed by atoms with Crippen molar-refractivity contribution in [1.82, 2.24) is 29.5 Å². The van der Waals surface area contributed by atoms with E-state index in [1.807, 2.05) is 35.4 Å². The number of hydrogen-bond acceptors (Lipinski definition) is 8. The lowest BCUT2D eigenvalue weighted by molar-refractivity contribution is 0.0662. The van der Waals surface area contributed by atoms with E-state index in [0.717, 1.165) is 73.3 Å². The zero-order valence-corrected chi connectivity index (χ0v) is 21.4. The zero-order valence-electron chi connectivity index (χ0n) is 21.4. The number of hydrogen-bond donors (Lipinski definition) is 2. The van der Waals surface area contributed by atoms with Crippen LogP contribution in [0.4, 0.5) is 17.3 Å². The van der Waals surface area contributed by atoms with Gasteiger partial charge in [0.1, 0.15) is 11.6 Å². The molecule has 6 rings (SSSR count). The number of aliphatic hydroxyl groups excluding tert-OH is 1. The van der Waals surface area contributed by atoms with E-state index in [1.165, 1.54) is 0 Å². The molecule has 2 aliphatic heterocycles. The maximum atomic E-state index is 10.4. The first kappa shape index (κ1) is 23.9. The number of β-amino-alcohol motifs (C(OH)–C–C–N with tert-alkyl or cyclic N) is 1. The van der Waals surface area contributed by atoms with E-state index in [0.29, 0.717) is 24.2 Å². The van der Waals surface area contributed by atoms with Crippen LogP contribution < -0.4 is 10.2 Å². The van der Waals surface area contributed by atoms with Crippen LogP contribution in [0.25, 0.3) is 22.2 Å². The monoisotopic (exact) mass is 502 g/mol. The molecule has 0 unspecified atom stereocenters. The minimum absolute atomic E-state index is 0.219. The molecule has 10 nitrogen and oxygen atoms in total. The molecule has 0 aliphatic carbocycles. The van der Waals surface area contributed by atoms with E-state index < -0.39 is 0 Å². The molecular weight excluding hydrogens is 468 g/mol. The van der Waals surface area contributed by atoms with Gasteiger partial charge in [-0.25, -0.2) is 14.6 Å². The summed E-state index contributed by atoms with van der Waals surface area (Å²) >= 11 is 0. The van der Waals surface area contributed by atoms with Crippen molar-refractivity contribution in [2.24, 2.45) is 0 Å². The van der Waals surface area contributed by atoms with Crippen molar-refractivity contribution in [3.8, 4) is 11.1 Å². The summed E-state index contributed by atoms with van der Waals surface area (Å²) in [5.41, 5.74) is 3.92. The van der Waals surface area contributed by atoms with Crippen molar-refractivity contribution >= 4 is 28.4 Å². The van der Waals surface area contributed by atoms with E-state index >= 15 is 0 Å². The van der Waals surface area contributed by atoms with Gasteiger partial charge < -0.3 is 20.1 Å². The van der Waals surface area contributed by atoms with Gasteiger partial charge in [-0.05, 0) is 51.7 Å². The number of anilines is 3.